The van der Waals surface area contributed by atoms with Gasteiger partial charge in [0.15, 0.2) is 5.78 Å². The lowest BCUT2D eigenvalue weighted by Gasteiger charge is -2.23. The molecule has 6 heteroatoms. The number of hydrogen-bond donors (Lipinski definition) is 2. The van der Waals surface area contributed by atoms with E-state index in [-0.39, 0.29) is 12.2 Å². The summed E-state index contributed by atoms with van der Waals surface area (Å²) in [6.45, 7) is -0.457. The van der Waals surface area contributed by atoms with Crippen LogP contribution in [0.5, 0.6) is 0 Å². The largest absolute Gasteiger partial charge is 0.480 e. The quantitative estimate of drug-likeness (QED) is 0.817. The fourth-order valence-electron chi connectivity index (χ4n) is 2.16. The van der Waals surface area contributed by atoms with Crippen molar-refractivity contribution in [3.05, 3.63) is 29.8 Å². The van der Waals surface area contributed by atoms with E-state index in [0.29, 0.717) is 11.3 Å². The number of carboxylic acids is 1. The first-order valence-corrected chi connectivity index (χ1v) is 5.87. The van der Waals surface area contributed by atoms with E-state index < -0.39 is 24.5 Å². The van der Waals surface area contributed by atoms with E-state index in [1.165, 1.54) is 0 Å². The Bertz CT molecular complexity index is 541. The number of ketones is 1. The van der Waals surface area contributed by atoms with Gasteiger partial charge in [0, 0.05) is 12.0 Å². The van der Waals surface area contributed by atoms with Crippen molar-refractivity contribution in [2.24, 2.45) is 0 Å². The van der Waals surface area contributed by atoms with Gasteiger partial charge in [-0.3, -0.25) is 19.3 Å². The van der Waals surface area contributed by atoms with Gasteiger partial charge in [0.1, 0.15) is 6.54 Å². The predicted octanol–water partition coefficient (Wildman–Crippen LogP) is 0.279. The molecule has 0 fully saturated rings. The molecule has 19 heavy (non-hydrogen) atoms. The van der Waals surface area contributed by atoms with Crippen LogP contribution in [-0.4, -0.2) is 42.4 Å². The number of fused-ring (bicyclic) bond motifs is 1. The Kier molecular flexibility index (Phi) is 3.62. The molecule has 0 radical (unpaired) electrons. The molecule has 1 aromatic carbocycles. The molecule has 0 unspecified atom stereocenters. The smallest absolute Gasteiger partial charge is 0.323 e. The summed E-state index contributed by atoms with van der Waals surface area (Å²) >= 11 is 0. The number of para-hydroxylation sites is 1. The van der Waals surface area contributed by atoms with Crippen molar-refractivity contribution in [3.8, 4) is 0 Å². The van der Waals surface area contributed by atoms with Crippen molar-refractivity contribution < 1.29 is 19.5 Å². The first-order valence-electron chi connectivity index (χ1n) is 5.87. The van der Waals surface area contributed by atoms with Crippen molar-refractivity contribution in [2.45, 2.75) is 12.5 Å². The average molecular weight is 262 g/mol. The first kappa shape index (κ1) is 13.2. The summed E-state index contributed by atoms with van der Waals surface area (Å²) in [7, 11) is 1.57. The monoisotopic (exact) mass is 262 g/mol. The Morgan fingerprint density at radius 2 is 2.11 bits per heavy atom. The lowest BCUT2D eigenvalue weighted by Crippen LogP contribution is -2.46. The second-order valence-electron chi connectivity index (χ2n) is 4.30. The number of likely N-dealkylation sites (N-methyl/N-ethyl adjacent to an activating group) is 1. The van der Waals surface area contributed by atoms with E-state index in [2.05, 4.69) is 5.32 Å². The van der Waals surface area contributed by atoms with Gasteiger partial charge in [-0.05, 0) is 19.2 Å². The zero-order valence-electron chi connectivity index (χ0n) is 10.4. The second-order valence-corrected chi connectivity index (χ2v) is 4.30. The minimum absolute atomic E-state index is 0.0302. The molecule has 0 spiro atoms. The van der Waals surface area contributed by atoms with Crippen LogP contribution in [-0.2, 0) is 9.59 Å². The fourth-order valence-corrected chi connectivity index (χ4v) is 2.16. The van der Waals surface area contributed by atoms with Crippen LogP contribution in [0.15, 0.2) is 24.3 Å². The second kappa shape index (κ2) is 5.19. The molecule has 0 saturated carbocycles. The summed E-state index contributed by atoms with van der Waals surface area (Å²) in [5.74, 6) is -1.69. The number of carboxylic acid groups (broad SMARTS) is 1. The number of nitrogens with zero attached hydrogens (tertiary/aromatic N) is 1. The Morgan fingerprint density at radius 1 is 1.42 bits per heavy atom. The maximum Gasteiger partial charge on any atom is 0.323 e. The van der Waals surface area contributed by atoms with Crippen LogP contribution in [0.3, 0.4) is 0 Å². The molecular weight excluding hydrogens is 248 g/mol. The van der Waals surface area contributed by atoms with Gasteiger partial charge in [-0.25, -0.2) is 0 Å². The highest BCUT2D eigenvalue weighted by Gasteiger charge is 2.34. The molecule has 1 heterocycles. The number of hydrogen-bond acceptors (Lipinski definition) is 4. The summed E-state index contributed by atoms with van der Waals surface area (Å²) in [5, 5.41) is 11.7. The molecule has 2 rings (SSSR count). The molecule has 6 nitrogen and oxygen atoms in total. The number of benzene rings is 1. The van der Waals surface area contributed by atoms with Gasteiger partial charge in [-0.1, -0.05) is 12.1 Å². The van der Waals surface area contributed by atoms with Gasteiger partial charge < -0.3 is 10.4 Å². The van der Waals surface area contributed by atoms with Gasteiger partial charge in [-0.15, -0.1) is 0 Å². The molecule has 0 bridgehead atoms. The fraction of sp³-hybridized carbons (Fsp3) is 0.308. The van der Waals surface area contributed by atoms with E-state index in [1.54, 1.807) is 31.3 Å². The molecule has 1 aromatic rings. The number of aliphatic carboxylic acids is 1. The highest BCUT2D eigenvalue weighted by Crippen LogP contribution is 2.26. The third kappa shape index (κ3) is 2.48. The van der Waals surface area contributed by atoms with Crippen molar-refractivity contribution in [3.63, 3.8) is 0 Å². The predicted molar refractivity (Wildman–Crippen MR) is 68.2 cm³/mol. The molecule has 100 valence electrons. The van der Waals surface area contributed by atoms with E-state index in [4.69, 9.17) is 5.11 Å². The first-order chi connectivity index (χ1) is 9.04. The standard InChI is InChI=1S/C13H14N2O4/c1-14-9-6-11(16)8-4-2-3-5-10(8)15(13(9)19)7-12(17)18/h2-5,9,14H,6-7H2,1H3,(H,17,18)/t9-/m0/s1. The van der Waals surface area contributed by atoms with Crippen molar-refractivity contribution in [1.29, 1.82) is 0 Å². The van der Waals surface area contributed by atoms with Gasteiger partial charge in [-0.2, -0.15) is 0 Å². The van der Waals surface area contributed by atoms with Crippen molar-refractivity contribution >= 4 is 23.3 Å². The van der Waals surface area contributed by atoms with Crippen LogP contribution in [0.4, 0.5) is 5.69 Å². The van der Waals surface area contributed by atoms with Crippen LogP contribution >= 0.6 is 0 Å². The maximum atomic E-state index is 12.3. The number of Topliss-reactive ketones (excluding diaryl/α,β-unsaturated/α-hetero) is 1. The lowest BCUT2D eigenvalue weighted by molar-refractivity contribution is -0.136. The van der Waals surface area contributed by atoms with Crippen LogP contribution in [0.2, 0.25) is 0 Å². The number of rotatable bonds is 3. The summed E-state index contributed by atoms with van der Waals surface area (Å²) in [6, 6.07) is 5.87. The Hall–Kier alpha value is -2.21. The zero-order chi connectivity index (χ0) is 14.0. The van der Waals surface area contributed by atoms with Crippen LogP contribution in [0, 0.1) is 0 Å². The zero-order valence-corrected chi connectivity index (χ0v) is 10.4. The van der Waals surface area contributed by atoms with Crippen molar-refractivity contribution in [2.75, 3.05) is 18.5 Å². The molecular formula is C13H14N2O4. The average Bonchev–Trinajstić information content (AvgIpc) is 2.49. The number of carbonyl (C=O) groups is 3. The molecule has 2 N–H and O–H groups in total. The molecule has 0 aliphatic carbocycles. The third-order valence-electron chi connectivity index (χ3n) is 3.09. The van der Waals surface area contributed by atoms with Gasteiger partial charge in [0.25, 0.3) is 0 Å². The molecule has 1 amide bonds. The van der Waals surface area contributed by atoms with Gasteiger partial charge in [0.2, 0.25) is 5.91 Å². The van der Waals surface area contributed by atoms with E-state index in [0.717, 1.165) is 4.90 Å². The topological polar surface area (TPSA) is 86.7 Å². The Labute approximate surface area is 110 Å². The molecule has 1 aliphatic rings. The van der Waals surface area contributed by atoms with Gasteiger partial charge in [0.05, 0.1) is 11.7 Å². The normalized spacial score (nSPS) is 19.0. The van der Waals surface area contributed by atoms with Crippen LogP contribution in [0.25, 0.3) is 0 Å². The summed E-state index contributed by atoms with van der Waals surface area (Å²) in [6.07, 6.45) is 0.0302. The van der Waals surface area contributed by atoms with E-state index in [1.807, 2.05) is 0 Å². The number of nitrogens with one attached hydrogen (secondary N) is 1. The van der Waals surface area contributed by atoms with E-state index >= 15 is 0 Å². The van der Waals surface area contributed by atoms with Crippen LogP contribution < -0.4 is 10.2 Å². The SMILES string of the molecule is CN[C@H]1CC(=O)c2ccccc2N(CC(=O)O)C1=O. The Morgan fingerprint density at radius 3 is 2.74 bits per heavy atom. The molecule has 0 saturated heterocycles. The number of carbonyl (C=O) groups excluding carboxylic acids is 2. The highest BCUT2D eigenvalue weighted by atomic mass is 16.4. The third-order valence-corrected chi connectivity index (χ3v) is 3.09. The minimum Gasteiger partial charge on any atom is -0.480 e. The molecule has 1 aliphatic heterocycles. The maximum absolute atomic E-state index is 12.3. The highest BCUT2D eigenvalue weighted by molar-refractivity contribution is 6.13. The Balaban J connectivity index is 2.52. The number of amides is 1. The molecule has 0 aromatic heterocycles. The minimum atomic E-state index is -1.12. The summed E-state index contributed by atoms with van der Waals surface area (Å²) < 4.78 is 0. The van der Waals surface area contributed by atoms with Gasteiger partial charge >= 0.3 is 5.97 Å². The number of anilines is 1. The summed E-state index contributed by atoms with van der Waals surface area (Å²) in [4.78, 5) is 36.4. The van der Waals surface area contributed by atoms with E-state index in [9.17, 15) is 14.4 Å². The molecule has 1 atom stereocenters. The summed E-state index contributed by atoms with van der Waals surface area (Å²) in [5.41, 5.74) is 0.743. The lowest BCUT2D eigenvalue weighted by atomic mass is 10.0. The van der Waals surface area contributed by atoms with Crippen molar-refractivity contribution in [1.82, 2.24) is 5.32 Å². The van der Waals surface area contributed by atoms with Crippen LogP contribution in [0.1, 0.15) is 16.8 Å².